The van der Waals surface area contributed by atoms with E-state index in [2.05, 4.69) is 23.2 Å². The predicted octanol–water partition coefficient (Wildman–Crippen LogP) is 1.41. The first kappa shape index (κ1) is 14.4. The Bertz CT molecular complexity index is 484. The number of carbonyl (C=O) groups excluding carboxylic acids is 1. The third-order valence-electron chi connectivity index (χ3n) is 3.63. The topological polar surface area (TPSA) is 59.4 Å². The molecule has 1 aliphatic heterocycles. The number of nitriles is 1. The maximum absolute atomic E-state index is 12.0. The lowest BCUT2D eigenvalue weighted by molar-refractivity contribution is 0.142. The Kier molecular flexibility index (Phi) is 4.97. The number of hydrogen-bond acceptors (Lipinski definition) is 3. The standard InChI is InChI=1S/C15H20N4O/c1-2-18-7-9-19(10-8-18)15(20)17-12-14-5-3-13(11-16)4-6-14/h3-6H,2,7-10,12H2,1H3,(H,17,20). The maximum atomic E-state index is 12.0. The molecule has 1 saturated heterocycles. The summed E-state index contributed by atoms with van der Waals surface area (Å²) < 4.78 is 0. The Morgan fingerprint density at radius 3 is 2.45 bits per heavy atom. The van der Waals surface area contributed by atoms with E-state index in [4.69, 9.17) is 5.26 Å². The van der Waals surface area contributed by atoms with Crippen LogP contribution in [0, 0.1) is 11.3 Å². The molecule has 0 bridgehead atoms. The molecule has 0 aliphatic carbocycles. The number of nitrogens with zero attached hydrogens (tertiary/aromatic N) is 3. The quantitative estimate of drug-likeness (QED) is 0.905. The monoisotopic (exact) mass is 272 g/mol. The number of nitrogens with one attached hydrogen (secondary N) is 1. The van der Waals surface area contributed by atoms with E-state index in [9.17, 15) is 4.79 Å². The Hall–Kier alpha value is -2.06. The first-order valence-electron chi connectivity index (χ1n) is 6.97. The number of carbonyl (C=O) groups is 1. The number of hydrogen-bond donors (Lipinski definition) is 1. The molecule has 5 heteroatoms. The van der Waals surface area contributed by atoms with Crippen LogP contribution < -0.4 is 5.32 Å². The van der Waals surface area contributed by atoms with Gasteiger partial charge in [-0.15, -0.1) is 0 Å². The van der Waals surface area contributed by atoms with Gasteiger partial charge in [-0.05, 0) is 24.2 Å². The van der Waals surface area contributed by atoms with E-state index in [-0.39, 0.29) is 6.03 Å². The summed E-state index contributed by atoms with van der Waals surface area (Å²) in [4.78, 5) is 16.2. The van der Waals surface area contributed by atoms with Crippen molar-refractivity contribution in [3.05, 3.63) is 35.4 Å². The number of amides is 2. The van der Waals surface area contributed by atoms with Crippen LogP contribution in [0.2, 0.25) is 0 Å². The van der Waals surface area contributed by atoms with Crippen LogP contribution in [0.15, 0.2) is 24.3 Å². The van der Waals surface area contributed by atoms with Crippen LogP contribution >= 0.6 is 0 Å². The largest absolute Gasteiger partial charge is 0.334 e. The molecule has 1 N–H and O–H groups in total. The van der Waals surface area contributed by atoms with Gasteiger partial charge in [-0.3, -0.25) is 0 Å². The van der Waals surface area contributed by atoms with E-state index >= 15 is 0 Å². The summed E-state index contributed by atoms with van der Waals surface area (Å²) in [5, 5.41) is 11.7. The Balaban J connectivity index is 1.79. The van der Waals surface area contributed by atoms with Crippen LogP contribution in [0.1, 0.15) is 18.1 Å². The number of urea groups is 1. The van der Waals surface area contributed by atoms with Gasteiger partial charge in [0.25, 0.3) is 0 Å². The number of piperazine rings is 1. The van der Waals surface area contributed by atoms with Crippen molar-refractivity contribution in [2.75, 3.05) is 32.7 Å². The van der Waals surface area contributed by atoms with E-state index in [0.29, 0.717) is 12.1 Å². The summed E-state index contributed by atoms with van der Waals surface area (Å²) in [6, 6.07) is 9.34. The van der Waals surface area contributed by atoms with Gasteiger partial charge in [0, 0.05) is 32.7 Å². The zero-order valence-electron chi connectivity index (χ0n) is 11.8. The minimum atomic E-state index is -0.00915. The molecule has 0 radical (unpaired) electrons. The fraction of sp³-hybridized carbons (Fsp3) is 0.467. The van der Waals surface area contributed by atoms with Crippen LogP contribution in [0.5, 0.6) is 0 Å². The third kappa shape index (κ3) is 3.72. The number of likely N-dealkylation sites (N-methyl/N-ethyl adjacent to an activating group) is 1. The summed E-state index contributed by atoms with van der Waals surface area (Å²) >= 11 is 0. The molecule has 5 nitrogen and oxygen atoms in total. The molecule has 0 atom stereocenters. The molecule has 1 aromatic carbocycles. The normalized spacial score (nSPS) is 15.7. The molecule has 2 amide bonds. The Labute approximate surface area is 119 Å². The van der Waals surface area contributed by atoms with Crippen molar-refractivity contribution < 1.29 is 4.79 Å². The van der Waals surface area contributed by atoms with Crippen molar-refractivity contribution in [1.82, 2.24) is 15.1 Å². The minimum absolute atomic E-state index is 0.00915. The van der Waals surface area contributed by atoms with Crippen LogP contribution in [0.3, 0.4) is 0 Å². The molecule has 1 aromatic rings. The molecular weight excluding hydrogens is 252 g/mol. The van der Waals surface area contributed by atoms with Gasteiger partial charge in [-0.25, -0.2) is 4.79 Å². The molecular formula is C15H20N4O. The fourth-order valence-electron chi connectivity index (χ4n) is 2.25. The highest BCUT2D eigenvalue weighted by Crippen LogP contribution is 2.05. The van der Waals surface area contributed by atoms with Gasteiger partial charge in [-0.2, -0.15) is 5.26 Å². The van der Waals surface area contributed by atoms with Crippen molar-refractivity contribution in [3.8, 4) is 6.07 Å². The third-order valence-corrected chi connectivity index (χ3v) is 3.63. The molecule has 0 aromatic heterocycles. The second-order valence-electron chi connectivity index (χ2n) is 4.89. The summed E-state index contributed by atoms with van der Waals surface area (Å²) in [6.45, 7) is 7.14. The molecule has 0 unspecified atom stereocenters. The van der Waals surface area contributed by atoms with Crippen LogP contribution in [-0.2, 0) is 6.54 Å². The lowest BCUT2D eigenvalue weighted by atomic mass is 10.1. The van der Waals surface area contributed by atoms with Crippen molar-refractivity contribution >= 4 is 6.03 Å². The van der Waals surface area contributed by atoms with Crippen LogP contribution in [0.25, 0.3) is 0 Å². The highest BCUT2D eigenvalue weighted by molar-refractivity contribution is 5.74. The average molecular weight is 272 g/mol. The number of benzene rings is 1. The lowest BCUT2D eigenvalue weighted by Gasteiger charge is -2.34. The summed E-state index contributed by atoms with van der Waals surface area (Å²) in [6.07, 6.45) is 0. The first-order chi connectivity index (χ1) is 9.72. The highest BCUT2D eigenvalue weighted by Gasteiger charge is 2.19. The van der Waals surface area contributed by atoms with E-state index in [1.165, 1.54) is 0 Å². The summed E-state index contributed by atoms with van der Waals surface area (Å²) in [7, 11) is 0. The van der Waals surface area contributed by atoms with Crippen molar-refractivity contribution in [2.24, 2.45) is 0 Å². The Morgan fingerprint density at radius 2 is 1.90 bits per heavy atom. The molecule has 1 aliphatic rings. The van der Waals surface area contributed by atoms with E-state index in [1.807, 2.05) is 17.0 Å². The van der Waals surface area contributed by atoms with Gasteiger partial charge < -0.3 is 15.1 Å². The van der Waals surface area contributed by atoms with Crippen LogP contribution in [0.4, 0.5) is 4.79 Å². The maximum Gasteiger partial charge on any atom is 0.317 e. The van der Waals surface area contributed by atoms with Gasteiger partial charge >= 0.3 is 6.03 Å². The average Bonchev–Trinajstić information content (AvgIpc) is 2.53. The fourth-order valence-corrected chi connectivity index (χ4v) is 2.25. The zero-order valence-corrected chi connectivity index (χ0v) is 11.8. The van der Waals surface area contributed by atoms with Gasteiger partial charge in [-0.1, -0.05) is 19.1 Å². The van der Waals surface area contributed by atoms with Gasteiger partial charge in [0.05, 0.1) is 11.6 Å². The summed E-state index contributed by atoms with van der Waals surface area (Å²) in [5.41, 5.74) is 1.64. The SMILES string of the molecule is CCN1CCN(C(=O)NCc2ccc(C#N)cc2)CC1. The molecule has 1 fully saturated rings. The van der Waals surface area contributed by atoms with Crippen molar-refractivity contribution in [3.63, 3.8) is 0 Å². The van der Waals surface area contributed by atoms with Crippen molar-refractivity contribution in [1.29, 1.82) is 5.26 Å². The molecule has 106 valence electrons. The predicted molar refractivity (Wildman–Crippen MR) is 77.1 cm³/mol. The highest BCUT2D eigenvalue weighted by atomic mass is 16.2. The second kappa shape index (κ2) is 6.92. The molecule has 20 heavy (non-hydrogen) atoms. The molecule has 1 heterocycles. The smallest absolute Gasteiger partial charge is 0.317 e. The van der Waals surface area contributed by atoms with Gasteiger partial charge in [0.1, 0.15) is 0 Å². The number of rotatable bonds is 3. The minimum Gasteiger partial charge on any atom is -0.334 e. The van der Waals surface area contributed by atoms with Crippen molar-refractivity contribution in [2.45, 2.75) is 13.5 Å². The molecule has 0 spiro atoms. The van der Waals surface area contributed by atoms with Crippen LogP contribution in [-0.4, -0.2) is 48.6 Å². The zero-order chi connectivity index (χ0) is 14.4. The van der Waals surface area contributed by atoms with E-state index < -0.39 is 0 Å². The molecule has 2 rings (SSSR count). The second-order valence-corrected chi connectivity index (χ2v) is 4.89. The lowest BCUT2D eigenvalue weighted by Crippen LogP contribution is -2.51. The first-order valence-corrected chi connectivity index (χ1v) is 6.97. The van der Waals surface area contributed by atoms with Gasteiger partial charge in [0.15, 0.2) is 0 Å². The van der Waals surface area contributed by atoms with E-state index in [0.717, 1.165) is 38.3 Å². The Morgan fingerprint density at radius 1 is 1.25 bits per heavy atom. The summed E-state index contributed by atoms with van der Waals surface area (Å²) in [5.74, 6) is 0. The molecule has 0 saturated carbocycles. The van der Waals surface area contributed by atoms with Gasteiger partial charge in [0.2, 0.25) is 0 Å². The van der Waals surface area contributed by atoms with E-state index in [1.54, 1.807) is 12.1 Å².